The van der Waals surface area contributed by atoms with Crippen molar-refractivity contribution in [2.24, 2.45) is 5.14 Å². The Morgan fingerprint density at radius 1 is 1.43 bits per heavy atom. The second-order valence-electron chi connectivity index (χ2n) is 5.07. The molecule has 0 heterocycles. The van der Waals surface area contributed by atoms with Crippen LogP contribution in [-0.4, -0.2) is 37.0 Å². The molecule has 2 rings (SSSR count). The van der Waals surface area contributed by atoms with Crippen molar-refractivity contribution in [3.8, 4) is 0 Å². The number of anilines is 1. The first kappa shape index (κ1) is 16.1. The van der Waals surface area contributed by atoms with Gasteiger partial charge in [-0.25, -0.2) is 18.4 Å². The highest BCUT2D eigenvalue weighted by atomic mass is 32.2. The maximum Gasteiger partial charge on any atom is 0.337 e. The number of carboxylic acid groups (broad SMARTS) is 1. The van der Waals surface area contributed by atoms with Gasteiger partial charge >= 0.3 is 5.97 Å². The monoisotopic (exact) mass is 330 g/mol. The van der Waals surface area contributed by atoms with Crippen LogP contribution in [0.15, 0.2) is 23.1 Å². The van der Waals surface area contributed by atoms with Crippen molar-refractivity contribution in [2.45, 2.75) is 35.4 Å². The molecule has 0 spiro atoms. The van der Waals surface area contributed by atoms with Crippen LogP contribution < -0.4 is 10.5 Å². The van der Waals surface area contributed by atoms with Gasteiger partial charge in [0.15, 0.2) is 0 Å². The molecule has 0 radical (unpaired) electrons. The van der Waals surface area contributed by atoms with Gasteiger partial charge in [-0.05, 0) is 43.7 Å². The minimum Gasteiger partial charge on any atom is -0.478 e. The highest BCUT2D eigenvalue weighted by Crippen LogP contribution is 2.31. The second kappa shape index (κ2) is 6.25. The molecule has 1 aliphatic rings. The fraction of sp³-hybridized carbons (Fsp3) is 0.462. The van der Waals surface area contributed by atoms with E-state index in [0.717, 1.165) is 25.3 Å². The summed E-state index contributed by atoms with van der Waals surface area (Å²) in [5.41, 5.74) is 0.357. The van der Waals surface area contributed by atoms with Crippen LogP contribution in [0.2, 0.25) is 0 Å². The third kappa shape index (κ3) is 3.90. The van der Waals surface area contributed by atoms with Crippen LogP contribution in [0.1, 0.15) is 29.6 Å². The zero-order valence-corrected chi connectivity index (χ0v) is 13.2. The van der Waals surface area contributed by atoms with E-state index in [1.54, 1.807) is 0 Å². The molecule has 116 valence electrons. The van der Waals surface area contributed by atoms with Crippen molar-refractivity contribution in [2.75, 3.05) is 11.6 Å². The number of thioether (sulfide) groups is 1. The predicted molar refractivity (Wildman–Crippen MR) is 83.3 cm³/mol. The highest BCUT2D eigenvalue weighted by Gasteiger charge is 2.25. The molecule has 6 nitrogen and oxygen atoms in total. The quantitative estimate of drug-likeness (QED) is 0.758. The van der Waals surface area contributed by atoms with Crippen LogP contribution in [0.5, 0.6) is 0 Å². The number of carboxylic acids is 1. The summed E-state index contributed by atoms with van der Waals surface area (Å²) in [7, 11) is -3.91. The van der Waals surface area contributed by atoms with Gasteiger partial charge in [0.2, 0.25) is 10.0 Å². The van der Waals surface area contributed by atoms with E-state index in [-0.39, 0.29) is 16.5 Å². The highest BCUT2D eigenvalue weighted by molar-refractivity contribution is 7.99. The van der Waals surface area contributed by atoms with E-state index >= 15 is 0 Å². The van der Waals surface area contributed by atoms with Gasteiger partial charge in [0.25, 0.3) is 0 Å². The smallest absolute Gasteiger partial charge is 0.337 e. The standard InChI is InChI=1S/C13H18N2O4S2/c1-20-9-3-2-8(6-9)15-12-5-4-10(21(14,18)19)7-11(12)13(16)17/h4-5,7-9,15H,2-3,6H2,1H3,(H,16,17)(H2,14,18,19). The summed E-state index contributed by atoms with van der Waals surface area (Å²) >= 11 is 1.81. The molecule has 2 atom stereocenters. The van der Waals surface area contributed by atoms with Crippen LogP contribution in [-0.2, 0) is 10.0 Å². The second-order valence-corrected chi connectivity index (χ2v) is 7.77. The van der Waals surface area contributed by atoms with Gasteiger partial charge < -0.3 is 10.4 Å². The van der Waals surface area contributed by atoms with Crippen LogP contribution in [0, 0.1) is 0 Å². The first-order valence-corrected chi connectivity index (χ1v) is 9.34. The van der Waals surface area contributed by atoms with E-state index < -0.39 is 16.0 Å². The van der Waals surface area contributed by atoms with Gasteiger partial charge in [0.05, 0.1) is 10.5 Å². The lowest BCUT2D eigenvalue weighted by Gasteiger charge is -2.16. The first-order chi connectivity index (χ1) is 9.81. The lowest BCUT2D eigenvalue weighted by atomic mass is 10.1. The lowest BCUT2D eigenvalue weighted by Crippen LogP contribution is -2.19. The Kier molecular flexibility index (Phi) is 4.80. The van der Waals surface area contributed by atoms with E-state index in [1.807, 2.05) is 11.8 Å². The summed E-state index contributed by atoms with van der Waals surface area (Å²) < 4.78 is 22.6. The lowest BCUT2D eigenvalue weighted by molar-refractivity contribution is 0.0697. The van der Waals surface area contributed by atoms with E-state index in [1.165, 1.54) is 12.1 Å². The fourth-order valence-corrected chi connectivity index (χ4v) is 3.84. The van der Waals surface area contributed by atoms with Crippen LogP contribution in [0.4, 0.5) is 5.69 Å². The van der Waals surface area contributed by atoms with E-state index in [2.05, 4.69) is 11.6 Å². The van der Waals surface area contributed by atoms with Gasteiger partial charge in [0, 0.05) is 17.0 Å². The molecule has 1 aliphatic carbocycles. The minimum absolute atomic E-state index is 0.0749. The molecule has 0 bridgehead atoms. The number of hydrogen-bond acceptors (Lipinski definition) is 5. The summed E-state index contributed by atoms with van der Waals surface area (Å²) in [5, 5.41) is 18.1. The topological polar surface area (TPSA) is 109 Å². The molecule has 4 N–H and O–H groups in total. The molecule has 2 unspecified atom stereocenters. The van der Waals surface area contributed by atoms with Crippen LogP contribution in [0.3, 0.4) is 0 Å². The van der Waals surface area contributed by atoms with Crippen molar-refractivity contribution >= 4 is 33.4 Å². The SMILES string of the molecule is CSC1CCC(Nc2ccc(S(N)(=O)=O)cc2C(=O)O)C1. The van der Waals surface area contributed by atoms with Crippen LogP contribution in [0.25, 0.3) is 0 Å². The molecule has 8 heteroatoms. The maximum atomic E-state index is 11.3. The van der Waals surface area contributed by atoms with E-state index in [4.69, 9.17) is 5.14 Å². The Morgan fingerprint density at radius 3 is 2.67 bits per heavy atom. The number of sulfonamides is 1. The molecule has 0 aromatic heterocycles. The molecule has 1 fully saturated rings. The molecule has 21 heavy (non-hydrogen) atoms. The maximum absolute atomic E-state index is 11.3. The number of benzene rings is 1. The third-order valence-corrected chi connectivity index (χ3v) is 5.63. The number of primary sulfonamides is 1. The largest absolute Gasteiger partial charge is 0.478 e. The summed E-state index contributed by atoms with van der Waals surface area (Å²) in [6, 6.07) is 4.10. The van der Waals surface area contributed by atoms with Crippen molar-refractivity contribution in [3.63, 3.8) is 0 Å². The molecule has 0 saturated heterocycles. The zero-order chi connectivity index (χ0) is 15.6. The van der Waals surface area contributed by atoms with Gasteiger partial charge in [-0.3, -0.25) is 0 Å². The number of nitrogens with two attached hydrogens (primary N) is 1. The Labute approximate surface area is 128 Å². The number of hydrogen-bond donors (Lipinski definition) is 3. The zero-order valence-electron chi connectivity index (χ0n) is 11.6. The molecule has 0 aliphatic heterocycles. The summed E-state index contributed by atoms with van der Waals surface area (Å²) in [4.78, 5) is 11.1. The molecule has 1 aromatic rings. The molecule has 0 amide bonds. The average Bonchev–Trinajstić information content (AvgIpc) is 2.85. The van der Waals surface area contributed by atoms with Gasteiger partial charge in [-0.2, -0.15) is 11.8 Å². The summed E-state index contributed by atoms with van der Waals surface area (Å²) in [6.45, 7) is 0. The number of carbonyl (C=O) groups is 1. The Morgan fingerprint density at radius 2 is 2.14 bits per heavy atom. The van der Waals surface area contributed by atoms with E-state index in [0.29, 0.717) is 10.9 Å². The summed E-state index contributed by atoms with van der Waals surface area (Å²) in [6.07, 6.45) is 5.10. The number of rotatable bonds is 5. The van der Waals surface area contributed by atoms with Crippen molar-refractivity contribution in [3.05, 3.63) is 23.8 Å². The molecule has 1 saturated carbocycles. The number of nitrogens with one attached hydrogen (secondary N) is 1. The minimum atomic E-state index is -3.91. The van der Waals surface area contributed by atoms with Gasteiger partial charge in [-0.15, -0.1) is 0 Å². The fourth-order valence-electron chi connectivity index (χ4n) is 2.51. The Bertz CT molecular complexity index is 646. The Balaban J connectivity index is 2.25. The van der Waals surface area contributed by atoms with Crippen molar-refractivity contribution < 1.29 is 18.3 Å². The normalized spacial score (nSPS) is 22.2. The van der Waals surface area contributed by atoms with E-state index in [9.17, 15) is 18.3 Å². The first-order valence-electron chi connectivity index (χ1n) is 6.50. The predicted octanol–water partition coefficient (Wildman–Crippen LogP) is 1.73. The van der Waals surface area contributed by atoms with Crippen molar-refractivity contribution in [1.29, 1.82) is 0 Å². The molecule has 1 aromatic carbocycles. The Hall–Kier alpha value is -1.25. The van der Waals surface area contributed by atoms with Crippen molar-refractivity contribution in [1.82, 2.24) is 0 Å². The molecular formula is C13H18N2O4S2. The number of aromatic carboxylic acids is 1. The molecular weight excluding hydrogens is 312 g/mol. The van der Waals surface area contributed by atoms with Gasteiger partial charge in [-0.1, -0.05) is 0 Å². The average molecular weight is 330 g/mol. The van der Waals surface area contributed by atoms with Gasteiger partial charge in [0.1, 0.15) is 0 Å². The van der Waals surface area contributed by atoms with Crippen LogP contribution >= 0.6 is 11.8 Å². The third-order valence-electron chi connectivity index (χ3n) is 3.63. The summed E-state index contributed by atoms with van der Waals surface area (Å²) in [5.74, 6) is -1.18.